The average molecular weight is 330 g/mol. The summed E-state index contributed by atoms with van der Waals surface area (Å²) in [6.45, 7) is 3.46. The molecular formula is C17H16F2N4O. The summed E-state index contributed by atoms with van der Waals surface area (Å²) >= 11 is 0. The number of fused-ring (bicyclic) bond motifs is 1. The number of hydrogen-bond donors (Lipinski definition) is 0. The van der Waals surface area contributed by atoms with E-state index in [-0.39, 0.29) is 0 Å². The van der Waals surface area contributed by atoms with Crippen LogP contribution in [0.2, 0.25) is 0 Å². The van der Waals surface area contributed by atoms with Gasteiger partial charge in [-0.05, 0) is 19.1 Å². The summed E-state index contributed by atoms with van der Waals surface area (Å²) in [5, 5.41) is 4.39. The highest BCUT2D eigenvalue weighted by molar-refractivity contribution is 5.69. The highest BCUT2D eigenvalue weighted by Crippen LogP contribution is 2.29. The fourth-order valence-electron chi connectivity index (χ4n) is 3.07. The molecule has 1 aliphatic rings. The second kappa shape index (κ2) is 5.83. The van der Waals surface area contributed by atoms with E-state index in [1.165, 1.54) is 12.1 Å². The Morgan fingerprint density at radius 1 is 1.25 bits per heavy atom. The van der Waals surface area contributed by atoms with Crippen LogP contribution in [0, 0.1) is 18.6 Å². The predicted octanol–water partition coefficient (Wildman–Crippen LogP) is 2.89. The fraction of sp³-hybridized carbons (Fsp3) is 0.294. The number of aromatic nitrogens is 3. The third-order valence-electron chi connectivity index (χ3n) is 4.17. The molecule has 2 aromatic heterocycles. The number of anilines is 1. The minimum Gasteiger partial charge on any atom is -0.370 e. The SMILES string of the molecule is Cc1cc2c(N3CCOC(c4ccc(F)cc4F)C3)nccn2n1. The molecule has 1 atom stereocenters. The Balaban J connectivity index is 1.67. The lowest BCUT2D eigenvalue weighted by molar-refractivity contribution is 0.0373. The molecule has 0 N–H and O–H groups in total. The molecule has 124 valence electrons. The normalized spacial score (nSPS) is 18.3. The Kier molecular flexibility index (Phi) is 3.65. The smallest absolute Gasteiger partial charge is 0.154 e. The molecule has 5 nitrogen and oxygen atoms in total. The van der Waals surface area contributed by atoms with Crippen LogP contribution in [-0.4, -0.2) is 34.3 Å². The van der Waals surface area contributed by atoms with Crippen LogP contribution >= 0.6 is 0 Å². The zero-order chi connectivity index (χ0) is 16.7. The van der Waals surface area contributed by atoms with Gasteiger partial charge in [0.15, 0.2) is 5.82 Å². The summed E-state index contributed by atoms with van der Waals surface area (Å²) in [5.74, 6) is -0.396. The first-order valence-corrected chi connectivity index (χ1v) is 7.74. The van der Waals surface area contributed by atoms with Gasteiger partial charge in [0.1, 0.15) is 23.3 Å². The number of benzene rings is 1. The number of aryl methyl sites for hydroxylation is 1. The highest BCUT2D eigenvalue weighted by atomic mass is 19.1. The van der Waals surface area contributed by atoms with E-state index in [1.807, 2.05) is 17.9 Å². The van der Waals surface area contributed by atoms with Crippen molar-refractivity contribution in [3.05, 3.63) is 59.6 Å². The monoisotopic (exact) mass is 330 g/mol. The van der Waals surface area contributed by atoms with Gasteiger partial charge in [-0.25, -0.2) is 18.3 Å². The Bertz CT molecular complexity index is 895. The van der Waals surface area contributed by atoms with Gasteiger partial charge < -0.3 is 9.64 Å². The zero-order valence-corrected chi connectivity index (χ0v) is 13.1. The Labute approximate surface area is 137 Å². The third-order valence-corrected chi connectivity index (χ3v) is 4.17. The second-order valence-electron chi connectivity index (χ2n) is 5.84. The molecule has 0 amide bonds. The largest absolute Gasteiger partial charge is 0.370 e. The van der Waals surface area contributed by atoms with E-state index in [1.54, 1.807) is 16.9 Å². The van der Waals surface area contributed by atoms with Crippen molar-refractivity contribution in [1.82, 2.24) is 14.6 Å². The van der Waals surface area contributed by atoms with Gasteiger partial charge in [0, 0.05) is 30.6 Å². The standard InChI is InChI=1S/C17H16F2N4O/c1-11-8-15-17(20-4-5-23(15)21-11)22-6-7-24-16(10-22)13-3-2-12(18)9-14(13)19/h2-5,8-9,16H,6-7,10H2,1H3. The van der Waals surface area contributed by atoms with Gasteiger partial charge in [0.25, 0.3) is 0 Å². The van der Waals surface area contributed by atoms with E-state index in [0.29, 0.717) is 25.3 Å². The molecular weight excluding hydrogens is 314 g/mol. The van der Waals surface area contributed by atoms with Crippen molar-refractivity contribution < 1.29 is 13.5 Å². The molecule has 0 saturated carbocycles. The maximum Gasteiger partial charge on any atom is 0.154 e. The van der Waals surface area contributed by atoms with Crippen LogP contribution in [0.25, 0.3) is 5.52 Å². The fourth-order valence-corrected chi connectivity index (χ4v) is 3.07. The minimum absolute atomic E-state index is 0.359. The lowest BCUT2D eigenvalue weighted by atomic mass is 10.1. The first-order valence-electron chi connectivity index (χ1n) is 7.74. The lowest BCUT2D eigenvalue weighted by Gasteiger charge is -2.34. The van der Waals surface area contributed by atoms with Crippen molar-refractivity contribution in [2.75, 3.05) is 24.6 Å². The van der Waals surface area contributed by atoms with Gasteiger partial charge in [-0.3, -0.25) is 0 Å². The van der Waals surface area contributed by atoms with E-state index in [9.17, 15) is 8.78 Å². The summed E-state index contributed by atoms with van der Waals surface area (Å²) in [6, 6.07) is 5.54. The predicted molar refractivity (Wildman–Crippen MR) is 85.0 cm³/mol. The number of morpholine rings is 1. The van der Waals surface area contributed by atoms with E-state index < -0.39 is 17.7 Å². The third kappa shape index (κ3) is 2.60. The van der Waals surface area contributed by atoms with E-state index >= 15 is 0 Å². The van der Waals surface area contributed by atoms with E-state index in [2.05, 4.69) is 10.1 Å². The van der Waals surface area contributed by atoms with Crippen molar-refractivity contribution in [3.63, 3.8) is 0 Å². The second-order valence-corrected chi connectivity index (χ2v) is 5.84. The summed E-state index contributed by atoms with van der Waals surface area (Å²) in [5.41, 5.74) is 2.16. The van der Waals surface area contributed by atoms with Crippen LogP contribution in [0.15, 0.2) is 36.7 Å². The Morgan fingerprint density at radius 3 is 2.96 bits per heavy atom. The summed E-state index contributed by atoms with van der Waals surface area (Å²) in [7, 11) is 0. The average Bonchev–Trinajstić information content (AvgIpc) is 2.95. The van der Waals surface area contributed by atoms with Crippen LogP contribution < -0.4 is 4.90 Å². The molecule has 1 aliphatic heterocycles. The minimum atomic E-state index is -0.593. The summed E-state index contributed by atoms with van der Waals surface area (Å²) < 4.78 is 34.7. The van der Waals surface area contributed by atoms with Crippen LogP contribution in [0.4, 0.5) is 14.6 Å². The van der Waals surface area contributed by atoms with Crippen LogP contribution in [0.5, 0.6) is 0 Å². The number of nitrogens with zero attached hydrogens (tertiary/aromatic N) is 4. The molecule has 1 aromatic carbocycles. The van der Waals surface area contributed by atoms with E-state index in [4.69, 9.17) is 4.74 Å². The summed E-state index contributed by atoms with van der Waals surface area (Å²) in [6.07, 6.45) is 3.02. The number of rotatable bonds is 2. The van der Waals surface area contributed by atoms with Crippen molar-refractivity contribution in [1.29, 1.82) is 0 Å². The molecule has 0 aliphatic carbocycles. The maximum atomic E-state index is 14.1. The summed E-state index contributed by atoms with van der Waals surface area (Å²) in [4.78, 5) is 6.51. The van der Waals surface area contributed by atoms with Crippen molar-refractivity contribution >= 4 is 11.3 Å². The molecule has 0 radical (unpaired) electrons. The van der Waals surface area contributed by atoms with Crippen LogP contribution in [0.1, 0.15) is 17.4 Å². The van der Waals surface area contributed by atoms with Crippen LogP contribution in [-0.2, 0) is 4.74 Å². The maximum absolute atomic E-state index is 14.1. The number of halogens is 2. The molecule has 3 aromatic rings. The van der Waals surface area contributed by atoms with Crippen molar-refractivity contribution in [3.8, 4) is 0 Å². The van der Waals surface area contributed by atoms with Gasteiger partial charge in [-0.2, -0.15) is 5.10 Å². The highest BCUT2D eigenvalue weighted by Gasteiger charge is 2.26. The number of hydrogen-bond acceptors (Lipinski definition) is 4. The van der Waals surface area contributed by atoms with Crippen LogP contribution in [0.3, 0.4) is 0 Å². The van der Waals surface area contributed by atoms with Gasteiger partial charge >= 0.3 is 0 Å². The molecule has 1 fully saturated rings. The Morgan fingerprint density at radius 2 is 2.12 bits per heavy atom. The molecule has 24 heavy (non-hydrogen) atoms. The molecule has 0 spiro atoms. The number of ether oxygens (including phenoxy) is 1. The van der Waals surface area contributed by atoms with Crippen molar-refractivity contribution in [2.24, 2.45) is 0 Å². The molecule has 1 unspecified atom stereocenters. The quantitative estimate of drug-likeness (QED) is 0.725. The van der Waals surface area contributed by atoms with Gasteiger partial charge in [-0.1, -0.05) is 6.07 Å². The molecule has 1 saturated heterocycles. The topological polar surface area (TPSA) is 42.7 Å². The van der Waals surface area contributed by atoms with Gasteiger partial charge in [0.2, 0.25) is 0 Å². The zero-order valence-electron chi connectivity index (χ0n) is 13.1. The van der Waals surface area contributed by atoms with Gasteiger partial charge in [0.05, 0.1) is 18.8 Å². The molecule has 0 bridgehead atoms. The Hall–Kier alpha value is -2.54. The molecule has 3 heterocycles. The van der Waals surface area contributed by atoms with Gasteiger partial charge in [-0.15, -0.1) is 0 Å². The first-order chi connectivity index (χ1) is 11.6. The molecule has 7 heteroatoms. The van der Waals surface area contributed by atoms with Crippen molar-refractivity contribution in [2.45, 2.75) is 13.0 Å². The lowest BCUT2D eigenvalue weighted by Crippen LogP contribution is -2.39. The first kappa shape index (κ1) is 15.0. The van der Waals surface area contributed by atoms with E-state index in [0.717, 1.165) is 23.1 Å². The molecule has 4 rings (SSSR count).